The predicted molar refractivity (Wildman–Crippen MR) is 101 cm³/mol. The van der Waals surface area contributed by atoms with Gasteiger partial charge in [-0.3, -0.25) is 0 Å². The molecule has 1 aromatic heterocycles. The zero-order valence-electron chi connectivity index (χ0n) is 17.1. The lowest BCUT2D eigenvalue weighted by Crippen LogP contribution is -2.60. The van der Waals surface area contributed by atoms with Gasteiger partial charge in [-0.25, -0.2) is 4.79 Å². The van der Waals surface area contributed by atoms with Crippen molar-refractivity contribution in [3.63, 3.8) is 0 Å². The molecule has 2 saturated heterocycles. The van der Waals surface area contributed by atoms with Crippen LogP contribution in [0.3, 0.4) is 0 Å². The van der Waals surface area contributed by atoms with Crippen molar-refractivity contribution in [1.82, 2.24) is 0 Å². The molecule has 30 heavy (non-hydrogen) atoms. The van der Waals surface area contributed by atoms with Crippen molar-refractivity contribution in [3.8, 4) is 0 Å². The number of aliphatic hydroxyl groups excluding tert-OH is 4. The maximum Gasteiger partial charge on any atom is 0.335 e. The number of hydrogen-bond donors (Lipinski definition) is 4. The van der Waals surface area contributed by atoms with E-state index >= 15 is 0 Å². The molecule has 0 radical (unpaired) electrons. The predicted octanol–water partition coefficient (Wildman–Crippen LogP) is 0.425. The normalized spacial score (nSPS) is 44.2. The third kappa shape index (κ3) is 3.21. The molecule has 1 aliphatic carbocycles. The van der Waals surface area contributed by atoms with Gasteiger partial charge < -0.3 is 39.1 Å². The van der Waals surface area contributed by atoms with E-state index in [0.717, 1.165) is 5.56 Å². The van der Waals surface area contributed by atoms with Crippen molar-refractivity contribution in [3.05, 3.63) is 35.3 Å². The van der Waals surface area contributed by atoms with E-state index < -0.39 is 60.9 Å². The summed E-state index contributed by atoms with van der Waals surface area (Å²) in [6, 6.07) is 1.78. The molecule has 1 aromatic rings. The number of hydrogen-bond acceptors (Lipinski definition) is 9. The van der Waals surface area contributed by atoms with Crippen LogP contribution in [0.4, 0.5) is 0 Å². The van der Waals surface area contributed by atoms with E-state index in [0.29, 0.717) is 17.6 Å². The fraction of sp³-hybridized carbons (Fsp3) is 0.667. The topological polar surface area (TPSA) is 139 Å². The van der Waals surface area contributed by atoms with Crippen LogP contribution in [0.15, 0.2) is 34.2 Å². The average molecular weight is 424 g/mol. The van der Waals surface area contributed by atoms with E-state index in [-0.39, 0.29) is 5.92 Å². The minimum atomic E-state index is -1.53. The van der Waals surface area contributed by atoms with E-state index in [1.807, 2.05) is 13.8 Å². The summed E-state index contributed by atoms with van der Waals surface area (Å²) in [5, 5.41) is 39.7. The van der Waals surface area contributed by atoms with E-state index in [2.05, 4.69) is 0 Å². The van der Waals surface area contributed by atoms with Crippen molar-refractivity contribution >= 4 is 5.97 Å². The number of aliphatic hydroxyl groups is 4. The van der Waals surface area contributed by atoms with Crippen molar-refractivity contribution in [1.29, 1.82) is 0 Å². The summed E-state index contributed by atoms with van der Waals surface area (Å²) in [5.74, 6) is -0.495. The molecule has 0 bridgehead atoms. The summed E-state index contributed by atoms with van der Waals surface area (Å²) >= 11 is 0. The fourth-order valence-corrected chi connectivity index (χ4v) is 5.25. The Morgan fingerprint density at radius 1 is 1.23 bits per heavy atom. The molecule has 0 aromatic carbocycles. The van der Waals surface area contributed by atoms with E-state index in [1.165, 1.54) is 0 Å². The van der Waals surface area contributed by atoms with Gasteiger partial charge in [0.1, 0.15) is 30.5 Å². The molecule has 166 valence electrons. The summed E-state index contributed by atoms with van der Waals surface area (Å²) in [6.07, 6.45) is -4.19. The van der Waals surface area contributed by atoms with Crippen LogP contribution in [-0.4, -0.2) is 69.8 Å². The van der Waals surface area contributed by atoms with Crippen LogP contribution in [0.25, 0.3) is 0 Å². The molecule has 4 N–H and O–H groups in total. The first kappa shape index (κ1) is 21.5. The number of rotatable bonds is 4. The first-order chi connectivity index (χ1) is 14.2. The monoisotopic (exact) mass is 424 g/mol. The van der Waals surface area contributed by atoms with Crippen molar-refractivity contribution in [2.75, 3.05) is 6.61 Å². The Labute approximate surface area is 173 Å². The number of cyclic esters (lactones) is 1. The molecule has 9 nitrogen and oxygen atoms in total. The van der Waals surface area contributed by atoms with Gasteiger partial charge in [0, 0.05) is 16.6 Å². The van der Waals surface area contributed by atoms with Gasteiger partial charge >= 0.3 is 5.97 Å². The number of ether oxygens (including phenoxy) is 3. The minimum absolute atomic E-state index is 0.0741. The number of carbonyl (C=O) groups excluding carboxylic acids is 1. The molecule has 9 atom stereocenters. The lowest BCUT2D eigenvalue weighted by molar-refractivity contribution is -0.312. The van der Waals surface area contributed by atoms with E-state index in [9.17, 15) is 25.2 Å². The van der Waals surface area contributed by atoms with Crippen LogP contribution in [-0.2, 0) is 19.0 Å². The van der Waals surface area contributed by atoms with Gasteiger partial charge in [0.05, 0.1) is 25.2 Å². The quantitative estimate of drug-likeness (QED) is 0.507. The van der Waals surface area contributed by atoms with Gasteiger partial charge in [0.2, 0.25) is 0 Å². The summed E-state index contributed by atoms with van der Waals surface area (Å²) < 4.78 is 22.4. The number of esters is 1. The van der Waals surface area contributed by atoms with Gasteiger partial charge in [-0.1, -0.05) is 13.8 Å². The number of furan rings is 1. The fourth-order valence-electron chi connectivity index (χ4n) is 5.25. The Hall–Kier alpha value is -1.75. The standard InChI is InChI=1S/C21H28O9/c1-9-6-21(3)13(19(26)30-18(21)11-4-5-27-8-11)10(2)17(9)29-20-16(25)15(24)14(23)12(7-22)28-20/h4-5,8-9,12,14-18,20,22-25H,6-7H2,1-3H3/t9-,12+,14+,15+,16+,17+,18-,20-,21+/m0/s1. The molecule has 2 fully saturated rings. The lowest BCUT2D eigenvalue weighted by Gasteiger charge is -2.45. The van der Waals surface area contributed by atoms with Crippen LogP contribution in [0.1, 0.15) is 38.9 Å². The SMILES string of the molecule is CC1=C2C(=O)O[C@@H](c3ccoc3)[C@]2(C)C[C@H](C)[C@H]1O[C@@H]1O[C@H](CO)[C@@H](O)[C@@H](O)[C@H]1O. The number of fused-ring (bicyclic) bond motifs is 1. The molecular weight excluding hydrogens is 396 g/mol. The van der Waals surface area contributed by atoms with Crippen molar-refractivity contribution < 1.29 is 43.8 Å². The van der Waals surface area contributed by atoms with Gasteiger partial charge in [-0.2, -0.15) is 0 Å². The Bertz CT molecular complexity index is 816. The summed E-state index contributed by atoms with van der Waals surface area (Å²) in [7, 11) is 0. The molecule has 3 heterocycles. The Balaban J connectivity index is 1.63. The third-order valence-corrected chi connectivity index (χ3v) is 6.64. The zero-order chi connectivity index (χ0) is 21.8. The minimum Gasteiger partial charge on any atom is -0.472 e. The first-order valence-electron chi connectivity index (χ1n) is 10.1. The van der Waals surface area contributed by atoms with Crippen LogP contribution >= 0.6 is 0 Å². The highest BCUT2D eigenvalue weighted by atomic mass is 16.7. The summed E-state index contributed by atoms with van der Waals surface area (Å²) in [4.78, 5) is 12.8. The molecule has 0 spiro atoms. The smallest absolute Gasteiger partial charge is 0.335 e. The average Bonchev–Trinajstić information content (AvgIpc) is 3.31. The largest absolute Gasteiger partial charge is 0.472 e. The van der Waals surface area contributed by atoms with Crippen LogP contribution in [0, 0.1) is 11.3 Å². The van der Waals surface area contributed by atoms with Gasteiger partial charge in [0.25, 0.3) is 0 Å². The second-order valence-electron chi connectivity index (χ2n) is 8.75. The third-order valence-electron chi connectivity index (χ3n) is 6.64. The Morgan fingerprint density at radius 3 is 2.60 bits per heavy atom. The van der Waals surface area contributed by atoms with Crippen LogP contribution in [0.2, 0.25) is 0 Å². The second-order valence-corrected chi connectivity index (χ2v) is 8.75. The van der Waals surface area contributed by atoms with Crippen molar-refractivity contribution in [2.24, 2.45) is 11.3 Å². The molecule has 4 rings (SSSR count). The highest BCUT2D eigenvalue weighted by Crippen LogP contribution is 2.57. The van der Waals surface area contributed by atoms with Crippen LogP contribution < -0.4 is 0 Å². The molecule has 0 saturated carbocycles. The van der Waals surface area contributed by atoms with E-state index in [1.54, 1.807) is 25.5 Å². The molecule has 2 aliphatic heterocycles. The lowest BCUT2D eigenvalue weighted by atomic mass is 9.64. The second kappa shape index (κ2) is 7.74. The van der Waals surface area contributed by atoms with Gasteiger partial charge in [-0.05, 0) is 30.9 Å². The maximum atomic E-state index is 12.8. The van der Waals surface area contributed by atoms with Gasteiger partial charge in [-0.15, -0.1) is 0 Å². The highest BCUT2D eigenvalue weighted by Gasteiger charge is 2.57. The maximum absolute atomic E-state index is 12.8. The van der Waals surface area contributed by atoms with Crippen molar-refractivity contribution in [2.45, 2.75) is 70.1 Å². The first-order valence-corrected chi connectivity index (χ1v) is 10.1. The molecule has 3 aliphatic rings. The molecular formula is C21H28O9. The molecule has 0 unspecified atom stereocenters. The Morgan fingerprint density at radius 2 is 1.97 bits per heavy atom. The van der Waals surface area contributed by atoms with Crippen LogP contribution in [0.5, 0.6) is 0 Å². The van der Waals surface area contributed by atoms with E-state index in [4.69, 9.17) is 18.6 Å². The summed E-state index contributed by atoms with van der Waals surface area (Å²) in [5.41, 5.74) is 1.42. The number of carbonyl (C=O) groups is 1. The zero-order valence-corrected chi connectivity index (χ0v) is 17.1. The molecule has 9 heteroatoms. The highest BCUT2D eigenvalue weighted by molar-refractivity contribution is 5.94. The Kier molecular flexibility index (Phi) is 5.54. The van der Waals surface area contributed by atoms with Gasteiger partial charge in [0.15, 0.2) is 6.29 Å². The summed E-state index contributed by atoms with van der Waals surface area (Å²) in [6.45, 7) is 5.20. The molecule has 0 amide bonds.